The van der Waals surface area contributed by atoms with Gasteiger partial charge in [0.1, 0.15) is 24.3 Å². The molecule has 0 aliphatic carbocycles. The normalized spacial score (nSPS) is 27.0. The fourth-order valence-electron chi connectivity index (χ4n) is 3.25. The topological polar surface area (TPSA) is 61.8 Å². The average molecular weight is 370 g/mol. The van der Waals surface area contributed by atoms with Crippen molar-refractivity contribution in [1.29, 1.82) is 0 Å². The molecule has 2 saturated heterocycles. The first kappa shape index (κ1) is 17.1. The van der Waals surface area contributed by atoms with Crippen LogP contribution >= 0.6 is 11.8 Å². The van der Waals surface area contributed by atoms with Crippen molar-refractivity contribution in [2.45, 2.75) is 29.0 Å². The van der Waals surface area contributed by atoms with Gasteiger partial charge in [0.15, 0.2) is 0 Å². The number of hydrogen-bond acceptors (Lipinski definition) is 6. The standard InChI is InChI=1S/C20H18O5S/c21-17-11-15-16(12-23-19(22)13-7-3-1-4-8-13)24-20(18(15)25-17)26-14-9-5-2-6-10-14/h1-10,15-16,18,20H,11-12H2. The SMILES string of the molecule is O=C1CC2C(COC(=O)c3ccccc3)OC(Sc3ccccc3)C2O1. The third-order valence-electron chi connectivity index (χ3n) is 4.53. The fourth-order valence-corrected chi connectivity index (χ4v) is 4.43. The summed E-state index contributed by atoms with van der Waals surface area (Å²) in [6.45, 7) is 0.109. The molecule has 0 amide bonds. The Hall–Kier alpha value is -2.31. The lowest BCUT2D eigenvalue weighted by Crippen LogP contribution is -2.26. The minimum Gasteiger partial charge on any atom is -0.459 e. The lowest BCUT2D eigenvalue weighted by molar-refractivity contribution is -0.143. The first-order valence-electron chi connectivity index (χ1n) is 8.49. The maximum Gasteiger partial charge on any atom is 0.338 e. The Kier molecular flexibility index (Phi) is 4.95. The number of benzene rings is 2. The van der Waals surface area contributed by atoms with Gasteiger partial charge in [-0.05, 0) is 24.3 Å². The Morgan fingerprint density at radius 3 is 2.50 bits per heavy atom. The molecule has 134 valence electrons. The molecule has 2 aliphatic rings. The molecule has 2 aliphatic heterocycles. The molecule has 5 nitrogen and oxygen atoms in total. The summed E-state index contributed by atoms with van der Waals surface area (Å²) in [7, 11) is 0. The zero-order valence-electron chi connectivity index (χ0n) is 13.9. The summed E-state index contributed by atoms with van der Waals surface area (Å²) in [6, 6.07) is 18.7. The van der Waals surface area contributed by atoms with Crippen molar-refractivity contribution in [3.05, 3.63) is 66.2 Å². The maximum absolute atomic E-state index is 12.1. The largest absolute Gasteiger partial charge is 0.459 e. The second-order valence-electron chi connectivity index (χ2n) is 6.26. The van der Waals surface area contributed by atoms with Crippen molar-refractivity contribution in [2.75, 3.05) is 6.61 Å². The zero-order chi connectivity index (χ0) is 17.9. The predicted octanol–water partition coefficient (Wildman–Crippen LogP) is 3.29. The van der Waals surface area contributed by atoms with E-state index in [-0.39, 0.29) is 36.1 Å². The summed E-state index contributed by atoms with van der Waals surface area (Å²) in [5.41, 5.74) is 0.199. The molecule has 26 heavy (non-hydrogen) atoms. The van der Waals surface area contributed by atoms with Crippen molar-refractivity contribution in [3.8, 4) is 0 Å². The van der Waals surface area contributed by atoms with Gasteiger partial charge in [-0.25, -0.2) is 4.79 Å². The van der Waals surface area contributed by atoms with Gasteiger partial charge >= 0.3 is 11.9 Å². The molecule has 4 unspecified atom stereocenters. The van der Waals surface area contributed by atoms with Crippen LogP contribution in [0.25, 0.3) is 0 Å². The van der Waals surface area contributed by atoms with Crippen LogP contribution in [0.1, 0.15) is 16.8 Å². The van der Waals surface area contributed by atoms with E-state index in [0.29, 0.717) is 12.0 Å². The molecule has 0 N–H and O–H groups in total. The van der Waals surface area contributed by atoms with Crippen LogP contribution in [0.5, 0.6) is 0 Å². The second-order valence-corrected chi connectivity index (χ2v) is 7.43. The van der Waals surface area contributed by atoms with Crippen molar-refractivity contribution >= 4 is 23.7 Å². The summed E-state index contributed by atoms with van der Waals surface area (Å²) in [5.74, 6) is -0.705. The number of carbonyl (C=O) groups is 2. The van der Waals surface area contributed by atoms with Gasteiger partial charge in [0.25, 0.3) is 0 Å². The van der Waals surface area contributed by atoms with Crippen molar-refractivity contribution in [2.24, 2.45) is 5.92 Å². The zero-order valence-corrected chi connectivity index (χ0v) is 14.8. The quantitative estimate of drug-likeness (QED) is 0.753. The van der Waals surface area contributed by atoms with Crippen LogP contribution in [0.15, 0.2) is 65.6 Å². The summed E-state index contributed by atoms with van der Waals surface area (Å²) >= 11 is 1.52. The van der Waals surface area contributed by atoms with E-state index in [1.807, 2.05) is 36.4 Å². The number of thioether (sulfide) groups is 1. The van der Waals surface area contributed by atoms with E-state index in [4.69, 9.17) is 14.2 Å². The number of carbonyl (C=O) groups excluding carboxylic acids is 2. The van der Waals surface area contributed by atoms with Crippen molar-refractivity contribution < 1.29 is 23.8 Å². The number of hydrogen-bond donors (Lipinski definition) is 0. The second kappa shape index (κ2) is 7.51. The molecule has 0 bridgehead atoms. The monoisotopic (exact) mass is 370 g/mol. The van der Waals surface area contributed by atoms with Gasteiger partial charge in [-0.15, -0.1) is 0 Å². The summed E-state index contributed by atoms with van der Waals surface area (Å²) < 4.78 is 17.0. The highest BCUT2D eigenvalue weighted by Gasteiger charge is 2.52. The minimum atomic E-state index is -0.393. The van der Waals surface area contributed by atoms with Crippen LogP contribution in [-0.2, 0) is 19.0 Å². The van der Waals surface area contributed by atoms with E-state index in [2.05, 4.69) is 0 Å². The van der Waals surface area contributed by atoms with Crippen molar-refractivity contribution in [1.82, 2.24) is 0 Å². The highest BCUT2D eigenvalue weighted by Crippen LogP contribution is 2.43. The van der Waals surface area contributed by atoms with Gasteiger partial charge in [-0.1, -0.05) is 48.2 Å². The molecule has 2 heterocycles. The Labute approximate surface area is 155 Å². The molecule has 4 atom stereocenters. The molecule has 0 aromatic heterocycles. The smallest absolute Gasteiger partial charge is 0.338 e. The molecular weight excluding hydrogens is 352 g/mol. The summed E-state index contributed by atoms with van der Waals surface area (Å²) in [5, 5.41) is 0. The highest BCUT2D eigenvalue weighted by atomic mass is 32.2. The number of ether oxygens (including phenoxy) is 3. The van der Waals surface area contributed by atoms with Gasteiger partial charge in [0.2, 0.25) is 0 Å². The fraction of sp³-hybridized carbons (Fsp3) is 0.300. The third-order valence-corrected chi connectivity index (χ3v) is 5.69. The van der Waals surface area contributed by atoms with Crippen LogP contribution in [0.3, 0.4) is 0 Å². The first-order chi connectivity index (χ1) is 12.7. The number of fused-ring (bicyclic) bond motifs is 1. The van der Waals surface area contributed by atoms with E-state index < -0.39 is 5.97 Å². The highest BCUT2D eigenvalue weighted by molar-refractivity contribution is 7.99. The molecule has 0 saturated carbocycles. The van der Waals surface area contributed by atoms with Crippen LogP contribution in [-0.4, -0.2) is 36.2 Å². The van der Waals surface area contributed by atoms with Gasteiger partial charge in [-0.2, -0.15) is 0 Å². The molecule has 2 fully saturated rings. The van der Waals surface area contributed by atoms with Crippen LogP contribution in [0.2, 0.25) is 0 Å². The molecule has 0 spiro atoms. The van der Waals surface area contributed by atoms with E-state index >= 15 is 0 Å². The molecule has 4 rings (SSSR count). The molecular formula is C20H18O5S. The Bertz CT molecular complexity index is 779. The maximum atomic E-state index is 12.1. The van der Waals surface area contributed by atoms with Gasteiger partial charge in [-0.3, -0.25) is 4.79 Å². The first-order valence-corrected chi connectivity index (χ1v) is 9.37. The van der Waals surface area contributed by atoms with E-state index in [0.717, 1.165) is 4.90 Å². The Morgan fingerprint density at radius 1 is 1.08 bits per heavy atom. The van der Waals surface area contributed by atoms with Gasteiger partial charge in [0.05, 0.1) is 12.0 Å². The van der Waals surface area contributed by atoms with Gasteiger partial charge < -0.3 is 14.2 Å². The van der Waals surface area contributed by atoms with E-state index in [1.165, 1.54) is 11.8 Å². The lowest BCUT2D eigenvalue weighted by Gasteiger charge is -2.17. The Balaban J connectivity index is 1.41. The van der Waals surface area contributed by atoms with Crippen LogP contribution < -0.4 is 0 Å². The van der Waals surface area contributed by atoms with Crippen LogP contribution in [0.4, 0.5) is 0 Å². The molecule has 0 radical (unpaired) electrons. The van der Waals surface area contributed by atoms with Crippen LogP contribution in [0, 0.1) is 5.92 Å². The minimum absolute atomic E-state index is 0.0905. The molecule has 2 aromatic rings. The van der Waals surface area contributed by atoms with E-state index in [9.17, 15) is 9.59 Å². The molecule has 6 heteroatoms. The average Bonchev–Trinajstić information content (AvgIpc) is 3.20. The summed E-state index contributed by atoms with van der Waals surface area (Å²) in [6.07, 6.45) is -0.363. The number of rotatable bonds is 5. The summed E-state index contributed by atoms with van der Waals surface area (Å²) in [4.78, 5) is 25.0. The molecule has 2 aromatic carbocycles. The lowest BCUT2D eigenvalue weighted by atomic mass is 9.98. The third kappa shape index (κ3) is 3.61. The van der Waals surface area contributed by atoms with Gasteiger partial charge in [0, 0.05) is 10.8 Å². The Morgan fingerprint density at radius 2 is 1.77 bits per heavy atom. The number of esters is 2. The predicted molar refractivity (Wildman–Crippen MR) is 95.7 cm³/mol. The van der Waals surface area contributed by atoms with Crippen molar-refractivity contribution in [3.63, 3.8) is 0 Å². The van der Waals surface area contributed by atoms with E-state index in [1.54, 1.807) is 24.3 Å².